The summed E-state index contributed by atoms with van der Waals surface area (Å²) < 4.78 is 17.6. The van der Waals surface area contributed by atoms with Crippen molar-refractivity contribution in [3.8, 4) is 0 Å². The van der Waals surface area contributed by atoms with Crippen molar-refractivity contribution in [1.82, 2.24) is 5.32 Å². The van der Waals surface area contributed by atoms with E-state index in [0.29, 0.717) is 19.3 Å². The number of rotatable bonds is 60. The Kier molecular flexibility index (Phi) is 56.4. The van der Waals surface area contributed by atoms with Gasteiger partial charge in [-0.2, -0.15) is 0 Å². The van der Waals surface area contributed by atoms with Crippen molar-refractivity contribution in [3.05, 3.63) is 60.8 Å². The Balaban J connectivity index is 2.56. The number of nitrogens with one attached hydrogen (secondary N) is 1. The first kappa shape index (κ1) is 78.4. The molecule has 1 heterocycles. The molecule has 0 aliphatic carbocycles. The summed E-state index contributed by atoms with van der Waals surface area (Å²) >= 11 is 0. The molecule has 1 aliphatic rings. The van der Waals surface area contributed by atoms with E-state index in [0.717, 1.165) is 64.2 Å². The van der Waals surface area contributed by atoms with Gasteiger partial charge >= 0.3 is 5.97 Å². The lowest BCUT2D eigenvalue weighted by molar-refractivity contribution is -0.305. The number of allylic oxidation sites excluding steroid dienone is 9. The normalized spacial score (nSPS) is 18.9. The number of carbonyl (C=O) groups excluding carboxylic acids is 2. The highest BCUT2D eigenvalue weighted by Crippen LogP contribution is 2.26. The summed E-state index contributed by atoms with van der Waals surface area (Å²) in [7, 11) is 0. The molecule has 1 rings (SSSR count). The van der Waals surface area contributed by atoms with Gasteiger partial charge in [-0.25, -0.2) is 0 Å². The first-order chi connectivity index (χ1) is 40.7. The van der Waals surface area contributed by atoms with E-state index >= 15 is 0 Å². The number of ether oxygens (including phenoxy) is 3. The van der Waals surface area contributed by atoms with Crippen LogP contribution >= 0.6 is 0 Å². The van der Waals surface area contributed by atoms with Gasteiger partial charge in [0.1, 0.15) is 24.4 Å². The Morgan fingerprint density at radius 1 is 0.470 bits per heavy atom. The van der Waals surface area contributed by atoms with Crippen molar-refractivity contribution in [2.24, 2.45) is 0 Å². The summed E-state index contributed by atoms with van der Waals surface area (Å²) in [5.74, 6) is -1.25. The van der Waals surface area contributed by atoms with Crippen LogP contribution in [0.1, 0.15) is 323 Å². The van der Waals surface area contributed by atoms with E-state index < -0.39 is 67.4 Å². The van der Waals surface area contributed by atoms with Crippen LogP contribution in [0.4, 0.5) is 0 Å². The zero-order valence-corrected chi connectivity index (χ0v) is 53.8. The molecule has 1 fully saturated rings. The van der Waals surface area contributed by atoms with Gasteiger partial charge < -0.3 is 45.1 Å². The third-order valence-electron chi connectivity index (χ3n) is 16.4. The molecule has 0 aromatic carbocycles. The fourth-order valence-corrected chi connectivity index (χ4v) is 10.9. The second kappa shape index (κ2) is 59.7. The summed E-state index contributed by atoms with van der Waals surface area (Å²) in [6, 6.07) is -1.03. The Hall–Kier alpha value is -2.64. The van der Waals surface area contributed by atoms with Gasteiger partial charge in [0.15, 0.2) is 12.4 Å². The SMILES string of the molecule is CCCCC/C=C\C/C=C\C/C=C\C/C=C\CCCC(=O)OC1C(OCC(NC(=O)C(O)CCCCCCCCCCCCCCCCCCCCCCCCCCCC)C(O)/C=C/CCCCCCCCCCC)OC(CO)C(O)C1O. The highest BCUT2D eigenvalue weighted by molar-refractivity contribution is 5.80. The van der Waals surface area contributed by atoms with Crippen LogP contribution in [0.25, 0.3) is 0 Å². The number of unbranched alkanes of at least 4 members (excludes halogenated alkanes) is 38. The van der Waals surface area contributed by atoms with Gasteiger partial charge in [-0.1, -0.05) is 313 Å². The van der Waals surface area contributed by atoms with E-state index in [9.17, 15) is 35.1 Å². The summed E-state index contributed by atoms with van der Waals surface area (Å²) in [6.07, 6.45) is 65.7. The smallest absolute Gasteiger partial charge is 0.306 e. The van der Waals surface area contributed by atoms with Crippen LogP contribution in [0.3, 0.4) is 0 Å². The van der Waals surface area contributed by atoms with E-state index in [1.54, 1.807) is 6.08 Å². The van der Waals surface area contributed by atoms with Gasteiger partial charge in [-0.15, -0.1) is 0 Å². The van der Waals surface area contributed by atoms with E-state index in [4.69, 9.17) is 14.2 Å². The van der Waals surface area contributed by atoms with Crippen molar-refractivity contribution < 1.29 is 49.3 Å². The molecule has 8 unspecified atom stereocenters. The minimum Gasteiger partial charge on any atom is -0.454 e. The van der Waals surface area contributed by atoms with Crippen LogP contribution in [0, 0.1) is 0 Å². The third kappa shape index (κ3) is 47.2. The zero-order valence-electron chi connectivity index (χ0n) is 53.8. The van der Waals surface area contributed by atoms with Crippen molar-refractivity contribution >= 4 is 11.9 Å². The monoisotopic (exact) mass is 1170 g/mol. The average Bonchev–Trinajstić information content (AvgIpc) is 3.69. The predicted octanol–water partition coefficient (Wildman–Crippen LogP) is 17.7. The minimum atomic E-state index is -1.64. The minimum absolute atomic E-state index is 0.0478. The molecule has 1 amide bonds. The number of esters is 1. The topological polar surface area (TPSA) is 175 Å². The zero-order chi connectivity index (χ0) is 60.3. The summed E-state index contributed by atoms with van der Waals surface area (Å²) in [5, 5.41) is 57.1. The van der Waals surface area contributed by atoms with Gasteiger partial charge in [0, 0.05) is 6.42 Å². The van der Waals surface area contributed by atoms with E-state index in [1.807, 2.05) is 12.2 Å². The van der Waals surface area contributed by atoms with Crippen LogP contribution in [-0.2, 0) is 23.8 Å². The van der Waals surface area contributed by atoms with Crippen molar-refractivity contribution in [3.63, 3.8) is 0 Å². The molecule has 0 spiro atoms. The Morgan fingerprint density at radius 3 is 1.27 bits per heavy atom. The molecule has 11 nitrogen and oxygen atoms in total. The second-order valence-electron chi connectivity index (χ2n) is 24.3. The van der Waals surface area contributed by atoms with Gasteiger partial charge in [0.25, 0.3) is 0 Å². The van der Waals surface area contributed by atoms with Crippen molar-refractivity contribution in [2.75, 3.05) is 13.2 Å². The molecule has 11 heteroatoms. The van der Waals surface area contributed by atoms with E-state index in [1.165, 1.54) is 205 Å². The van der Waals surface area contributed by atoms with Gasteiger partial charge in [-0.05, 0) is 64.2 Å². The standard InChI is InChI=1S/C72H131NO10/c1-4-7-10-13-16-19-22-24-26-28-29-30-31-32-33-34-35-36-38-39-41-44-47-50-53-56-59-65(76)71(80)73-63(64(75)58-55-52-49-46-43-21-18-15-12-9-6-3)62-81-72-70(69(79)68(78)66(61-74)82-72)83-67(77)60-57-54-51-48-45-42-40-37-27-25-23-20-17-14-11-8-5-2/h17,20,25,27,40,42,48,51,55,58,63-66,68-70,72,74-76,78-79H,4-16,18-19,21-24,26,28-39,41,43-47,49-50,52-54,56-57,59-62H2,1-3H3,(H,73,80)/b20-17-,27-25-,42-40-,51-48-,58-55+. The molecule has 0 saturated carbocycles. The number of hydrogen-bond acceptors (Lipinski definition) is 10. The number of amides is 1. The molecule has 83 heavy (non-hydrogen) atoms. The van der Waals surface area contributed by atoms with Crippen LogP contribution in [0.15, 0.2) is 60.8 Å². The average molecular weight is 1170 g/mol. The quantitative estimate of drug-likeness (QED) is 0.0195. The lowest BCUT2D eigenvalue weighted by Gasteiger charge is -2.41. The predicted molar refractivity (Wildman–Crippen MR) is 347 cm³/mol. The maximum atomic E-state index is 13.5. The molecule has 1 aliphatic heterocycles. The second-order valence-corrected chi connectivity index (χ2v) is 24.3. The van der Waals surface area contributed by atoms with Crippen LogP contribution in [0.5, 0.6) is 0 Å². The molecule has 0 aromatic rings. The molecule has 1 saturated heterocycles. The Bertz CT molecular complexity index is 1580. The molecule has 484 valence electrons. The van der Waals surface area contributed by atoms with Crippen molar-refractivity contribution in [1.29, 1.82) is 0 Å². The maximum absolute atomic E-state index is 13.5. The van der Waals surface area contributed by atoms with Gasteiger partial charge in [0.05, 0.1) is 25.4 Å². The van der Waals surface area contributed by atoms with Crippen molar-refractivity contribution in [2.45, 2.75) is 372 Å². The third-order valence-corrected chi connectivity index (χ3v) is 16.4. The lowest BCUT2D eigenvalue weighted by Crippen LogP contribution is -2.61. The highest BCUT2D eigenvalue weighted by atomic mass is 16.7. The molecule has 0 aromatic heterocycles. The van der Waals surface area contributed by atoms with Crippen LogP contribution in [0.2, 0.25) is 0 Å². The molecular weight excluding hydrogens is 1040 g/mol. The van der Waals surface area contributed by atoms with Crippen LogP contribution < -0.4 is 5.32 Å². The summed E-state index contributed by atoms with van der Waals surface area (Å²) in [5.41, 5.74) is 0. The fraction of sp³-hybridized carbons (Fsp3) is 0.833. The number of hydrogen-bond donors (Lipinski definition) is 6. The molecule has 8 atom stereocenters. The maximum Gasteiger partial charge on any atom is 0.306 e. The number of aliphatic hydroxyl groups excluding tert-OH is 5. The number of carbonyl (C=O) groups is 2. The highest BCUT2D eigenvalue weighted by Gasteiger charge is 2.47. The van der Waals surface area contributed by atoms with Gasteiger partial charge in [-0.3, -0.25) is 9.59 Å². The lowest BCUT2D eigenvalue weighted by atomic mass is 9.99. The number of aliphatic hydroxyl groups is 5. The fourth-order valence-electron chi connectivity index (χ4n) is 10.9. The van der Waals surface area contributed by atoms with Gasteiger partial charge in [0.2, 0.25) is 5.91 Å². The largest absolute Gasteiger partial charge is 0.454 e. The molecule has 6 N–H and O–H groups in total. The summed E-state index contributed by atoms with van der Waals surface area (Å²) in [6.45, 7) is 5.76. The van der Waals surface area contributed by atoms with E-state index in [2.05, 4.69) is 68.6 Å². The Morgan fingerprint density at radius 2 is 0.831 bits per heavy atom. The molecular formula is C72H131NO10. The first-order valence-corrected chi connectivity index (χ1v) is 35.1. The Labute approximate surface area is 509 Å². The molecule has 0 radical (unpaired) electrons. The van der Waals surface area contributed by atoms with E-state index in [-0.39, 0.29) is 19.4 Å². The summed E-state index contributed by atoms with van der Waals surface area (Å²) in [4.78, 5) is 26.6. The first-order valence-electron chi connectivity index (χ1n) is 35.1. The molecule has 0 bridgehead atoms. The van der Waals surface area contributed by atoms with Crippen LogP contribution in [-0.4, -0.2) is 99.6 Å².